The fourth-order valence-corrected chi connectivity index (χ4v) is 6.39. The predicted molar refractivity (Wildman–Crippen MR) is 132 cm³/mol. The van der Waals surface area contributed by atoms with Crippen LogP contribution in [0.5, 0.6) is 0 Å². The summed E-state index contributed by atoms with van der Waals surface area (Å²) in [7, 11) is 0. The lowest BCUT2D eigenvalue weighted by molar-refractivity contribution is -0.170. The van der Waals surface area contributed by atoms with Gasteiger partial charge in [-0.15, -0.1) is 0 Å². The molecule has 3 aliphatic carbocycles. The number of amides is 1. The standard InChI is InChI=1S/C27H25FN6O3/c1-16-2-3-17(22-31-24(37-32-22)26-9-27(28,10-26)11-26)6-20(16)30-23(35)19-8-29-34-5-4-18(7-21(19)34)33-12-25(13-33)14-36-15-25/h2-8H,9-15H2,1H3,(H,30,35). The second-order valence-corrected chi connectivity index (χ2v) is 11.5. The number of aryl methyl sites for hydroxylation is 1. The van der Waals surface area contributed by atoms with Crippen molar-refractivity contribution in [1.82, 2.24) is 19.8 Å². The number of nitrogens with zero attached hydrogens (tertiary/aromatic N) is 5. The molecule has 5 aliphatic rings. The average molecular weight is 501 g/mol. The highest BCUT2D eigenvalue weighted by Crippen LogP contribution is 2.69. The smallest absolute Gasteiger partial charge is 0.259 e. The van der Waals surface area contributed by atoms with Crippen LogP contribution in [0.3, 0.4) is 0 Å². The Bertz CT molecular complexity index is 1580. The number of fused-ring (bicyclic) bond motifs is 1. The largest absolute Gasteiger partial charge is 0.380 e. The van der Waals surface area contributed by atoms with Crippen LogP contribution in [0.4, 0.5) is 15.8 Å². The van der Waals surface area contributed by atoms with E-state index in [-0.39, 0.29) is 11.3 Å². The van der Waals surface area contributed by atoms with E-state index < -0.39 is 5.67 Å². The van der Waals surface area contributed by atoms with Crippen LogP contribution in [0.2, 0.25) is 0 Å². The Morgan fingerprint density at radius 3 is 2.68 bits per heavy atom. The van der Waals surface area contributed by atoms with E-state index in [0.29, 0.717) is 47.6 Å². The number of alkyl halides is 1. The highest BCUT2D eigenvalue weighted by molar-refractivity contribution is 6.09. The average Bonchev–Trinajstić information content (AvgIpc) is 3.43. The molecule has 1 N–H and O–H groups in total. The normalized spacial score (nSPS) is 26.8. The summed E-state index contributed by atoms with van der Waals surface area (Å²) >= 11 is 0. The lowest BCUT2D eigenvalue weighted by Gasteiger charge is -2.63. The lowest BCUT2D eigenvalue weighted by Crippen LogP contribution is -2.67. The molecule has 1 amide bonds. The third-order valence-electron chi connectivity index (χ3n) is 8.57. The van der Waals surface area contributed by atoms with Crippen molar-refractivity contribution < 1.29 is 18.4 Å². The Kier molecular flexibility index (Phi) is 4.00. The number of benzene rings is 1. The van der Waals surface area contributed by atoms with E-state index in [1.165, 1.54) is 0 Å². The van der Waals surface area contributed by atoms with Crippen molar-refractivity contribution >= 4 is 22.8 Å². The topological polar surface area (TPSA) is 97.8 Å². The molecular formula is C27H25FN6O3. The van der Waals surface area contributed by atoms with Crippen molar-refractivity contribution in [3.05, 3.63) is 59.7 Å². The minimum absolute atomic E-state index is 0.240. The molecule has 9 nitrogen and oxygen atoms in total. The molecule has 3 saturated carbocycles. The third kappa shape index (κ3) is 3.05. The zero-order chi connectivity index (χ0) is 25.0. The van der Waals surface area contributed by atoms with Gasteiger partial charge >= 0.3 is 0 Å². The summed E-state index contributed by atoms with van der Waals surface area (Å²) in [6.45, 7) is 5.53. The lowest BCUT2D eigenvalue weighted by atomic mass is 9.42. The van der Waals surface area contributed by atoms with Crippen LogP contribution in [-0.4, -0.2) is 57.6 Å². The maximum atomic E-state index is 14.0. The monoisotopic (exact) mass is 500 g/mol. The van der Waals surface area contributed by atoms with Crippen molar-refractivity contribution in [2.24, 2.45) is 5.41 Å². The molecule has 1 aromatic carbocycles. The molecule has 5 fully saturated rings. The van der Waals surface area contributed by atoms with E-state index in [1.54, 1.807) is 10.7 Å². The van der Waals surface area contributed by atoms with Gasteiger partial charge < -0.3 is 19.5 Å². The molecular weight excluding hydrogens is 475 g/mol. The fourth-order valence-electron chi connectivity index (χ4n) is 6.39. The highest BCUT2D eigenvalue weighted by atomic mass is 19.1. The molecule has 0 unspecified atom stereocenters. The van der Waals surface area contributed by atoms with E-state index in [2.05, 4.69) is 25.5 Å². The number of carbonyl (C=O) groups excluding carboxylic acids is 1. The number of rotatable bonds is 5. The second kappa shape index (κ2) is 6.95. The number of aromatic nitrogens is 4. The zero-order valence-corrected chi connectivity index (χ0v) is 20.3. The van der Waals surface area contributed by atoms with Crippen LogP contribution in [0.25, 0.3) is 16.9 Å². The maximum absolute atomic E-state index is 14.0. The van der Waals surface area contributed by atoms with Crippen LogP contribution < -0.4 is 10.2 Å². The van der Waals surface area contributed by atoms with E-state index in [1.807, 2.05) is 43.5 Å². The number of anilines is 2. The first-order valence-corrected chi connectivity index (χ1v) is 12.6. The van der Waals surface area contributed by atoms with Gasteiger partial charge in [0, 0.05) is 36.2 Å². The fraction of sp³-hybridized carbons (Fsp3) is 0.407. The molecule has 5 heterocycles. The number of nitrogens with one attached hydrogen (secondary N) is 1. The number of halogens is 1. The van der Waals surface area contributed by atoms with Gasteiger partial charge in [-0.05, 0) is 49.9 Å². The van der Waals surface area contributed by atoms with Crippen LogP contribution in [0.15, 0.2) is 47.2 Å². The van der Waals surface area contributed by atoms with Crippen molar-refractivity contribution in [2.45, 2.75) is 37.3 Å². The Morgan fingerprint density at radius 2 is 1.95 bits per heavy atom. The number of carbonyl (C=O) groups is 1. The van der Waals surface area contributed by atoms with Gasteiger partial charge in [0.25, 0.3) is 5.91 Å². The number of hydrogen-bond acceptors (Lipinski definition) is 7. The first-order valence-electron chi connectivity index (χ1n) is 12.6. The van der Waals surface area contributed by atoms with Gasteiger partial charge in [-0.3, -0.25) is 4.79 Å². The first kappa shape index (κ1) is 21.3. The molecule has 188 valence electrons. The van der Waals surface area contributed by atoms with Gasteiger partial charge in [-0.2, -0.15) is 10.1 Å². The number of ether oxygens (including phenoxy) is 1. The molecule has 10 heteroatoms. The van der Waals surface area contributed by atoms with Crippen molar-refractivity contribution in [3.8, 4) is 11.4 Å². The van der Waals surface area contributed by atoms with Gasteiger partial charge in [-0.1, -0.05) is 17.3 Å². The summed E-state index contributed by atoms with van der Waals surface area (Å²) in [6, 6.07) is 9.70. The van der Waals surface area contributed by atoms with Crippen molar-refractivity contribution in [3.63, 3.8) is 0 Å². The van der Waals surface area contributed by atoms with Crippen LogP contribution in [-0.2, 0) is 10.2 Å². The zero-order valence-electron chi connectivity index (χ0n) is 20.3. The molecule has 3 aromatic heterocycles. The first-order chi connectivity index (χ1) is 17.8. The quantitative estimate of drug-likeness (QED) is 0.444. The Hall–Kier alpha value is -3.79. The summed E-state index contributed by atoms with van der Waals surface area (Å²) in [5.74, 6) is 0.706. The highest BCUT2D eigenvalue weighted by Gasteiger charge is 2.72. The maximum Gasteiger partial charge on any atom is 0.259 e. The molecule has 4 aromatic rings. The minimum atomic E-state index is -1.03. The number of hydrogen-bond donors (Lipinski definition) is 1. The van der Waals surface area contributed by atoms with Crippen molar-refractivity contribution in [1.29, 1.82) is 0 Å². The Labute approximate surface area is 211 Å². The Balaban J connectivity index is 1.04. The molecule has 0 radical (unpaired) electrons. The summed E-state index contributed by atoms with van der Waals surface area (Å²) in [6.07, 6.45) is 4.87. The third-order valence-corrected chi connectivity index (χ3v) is 8.57. The molecule has 9 rings (SSSR count). The summed E-state index contributed by atoms with van der Waals surface area (Å²) in [4.78, 5) is 20.2. The van der Waals surface area contributed by atoms with Gasteiger partial charge in [0.1, 0.15) is 5.67 Å². The molecule has 0 atom stereocenters. The molecule has 1 spiro atoms. The summed E-state index contributed by atoms with van der Waals surface area (Å²) in [5.41, 5.74) is 3.62. The summed E-state index contributed by atoms with van der Waals surface area (Å²) < 4.78 is 26.6. The van der Waals surface area contributed by atoms with Gasteiger partial charge in [0.05, 0.1) is 41.3 Å². The molecule has 2 saturated heterocycles. The number of pyridine rings is 1. The SMILES string of the molecule is Cc1ccc(-c2noc(C34CC(F)(C3)C4)n2)cc1NC(=O)c1cnn2ccc(N3CC4(COC4)C3)cc12. The van der Waals surface area contributed by atoms with Crippen molar-refractivity contribution in [2.75, 3.05) is 36.5 Å². The van der Waals surface area contributed by atoms with E-state index in [4.69, 9.17) is 9.26 Å². The Morgan fingerprint density at radius 1 is 1.14 bits per heavy atom. The predicted octanol–water partition coefficient (Wildman–Crippen LogP) is 3.93. The van der Waals surface area contributed by atoms with Crippen LogP contribution >= 0.6 is 0 Å². The van der Waals surface area contributed by atoms with E-state index in [0.717, 1.165) is 48.6 Å². The second-order valence-electron chi connectivity index (χ2n) is 11.5. The minimum Gasteiger partial charge on any atom is -0.380 e. The van der Waals surface area contributed by atoms with E-state index in [9.17, 15) is 9.18 Å². The van der Waals surface area contributed by atoms with Crippen LogP contribution in [0, 0.1) is 12.3 Å². The van der Waals surface area contributed by atoms with E-state index >= 15 is 0 Å². The molecule has 2 bridgehead atoms. The van der Waals surface area contributed by atoms with Gasteiger partial charge in [0.2, 0.25) is 11.7 Å². The van der Waals surface area contributed by atoms with Gasteiger partial charge in [-0.25, -0.2) is 8.91 Å². The summed E-state index contributed by atoms with van der Waals surface area (Å²) in [5, 5.41) is 11.5. The van der Waals surface area contributed by atoms with Gasteiger partial charge in [0.15, 0.2) is 0 Å². The van der Waals surface area contributed by atoms with Crippen LogP contribution in [0.1, 0.15) is 41.1 Å². The molecule has 37 heavy (non-hydrogen) atoms. The molecule has 2 aliphatic heterocycles.